The summed E-state index contributed by atoms with van der Waals surface area (Å²) in [6.07, 6.45) is 0. The Balaban J connectivity index is 1.30. The van der Waals surface area contributed by atoms with E-state index < -0.39 is 30.2 Å². The molecule has 0 fully saturated rings. The molecule has 0 saturated heterocycles. The molecule has 0 amide bonds. The van der Waals surface area contributed by atoms with E-state index in [9.17, 15) is 0 Å². The van der Waals surface area contributed by atoms with Crippen LogP contribution in [0.25, 0.3) is 83.9 Å². The summed E-state index contributed by atoms with van der Waals surface area (Å²) in [7, 11) is 0. The fourth-order valence-electron chi connectivity index (χ4n) is 6.09. The lowest BCUT2D eigenvalue weighted by Gasteiger charge is -2.12. The van der Waals surface area contributed by atoms with Crippen molar-refractivity contribution in [2.24, 2.45) is 0 Å². The molecule has 0 N–H and O–H groups in total. The Morgan fingerprint density at radius 2 is 0.857 bits per heavy atom. The maximum Gasteiger partial charge on any atom is 0.238 e. The Morgan fingerprint density at radius 3 is 1.45 bits per heavy atom. The van der Waals surface area contributed by atoms with E-state index in [1.807, 2.05) is 109 Å². The number of nitrogens with zero attached hydrogens (tertiary/aromatic N) is 4. The minimum atomic E-state index is -0.517. The van der Waals surface area contributed by atoms with Gasteiger partial charge in [0, 0.05) is 21.9 Å². The first-order valence-corrected chi connectivity index (χ1v) is 15.7. The number of para-hydroxylation sites is 1. The van der Waals surface area contributed by atoms with E-state index >= 15 is 0 Å². The summed E-state index contributed by atoms with van der Waals surface area (Å²) in [5, 5.41) is 0.521. The summed E-state index contributed by atoms with van der Waals surface area (Å²) in [5.74, 6) is 0.761. The highest BCUT2D eigenvalue weighted by Crippen LogP contribution is 2.35. The van der Waals surface area contributed by atoms with Gasteiger partial charge in [-0.25, -0.2) is 4.98 Å². The van der Waals surface area contributed by atoms with Crippen LogP contribution in [0.4, 0.5) is 0 Å². The van der Waals surface area contributed by atoms with Crippen molar-refractivity contribution >= 4 is 21.8 Å². The van der Waals surface area contributed by atoms with Crippen LogP contribution in [-0.2, 0) is 0 Å². The molecule has 9 aromatic rings. The fraction of sp³-hybridized carbons (Fsp3) is 0. The molecule has 0 spiro atoms. The monoisotopic (exact) mass is 635 g/mol. The summed E-state index contributed by atoms with van der Waals surface area (Å²) in [4.78, 5) is 14.9. The fourth-order valence-corrected chi connectivity index (χ4v) is 6.09. The van der Waals surface area contributed by atoms with Crippen molar-refractivity contribution in [1.29, 1.82) is 0 Å². The lowest BCUT2D eigenvalue weighted by atomic mass is 10.0. The molecule has 7 aromatic carbocycles. The van der Waals surface area contributed by atoms with Gasteiger partial charge in [-0.3, -0.25) is 4.57 Å². The highest BCUT2D eigenvalue weighted by atomic mass is 15.2. The number of fused-ring (bicyclic) bond motifs is 3. The summed E-state index contributed by atoms with van der Waals surface area (Å²) in [6.45, 7) is 0. The maximum absolute atomic E-state index is 9.15. The summed E-state index contributed by atoms with van der Waals surface area (Å²) >= 11 is 0. The predicted octanol–water partition coefficient (Wildman–Crippen LogP) is 11.3. The van der Waals surface area contributed by atoms with Crippen molar-refractivity contribution in [1.82, 2.24) is 19.5 Å². The van der Waals surface area contributed by atoms with Gasteiger partial charge in [0.25, 0.3) is 0 Å². The second-order valence-electron chi connectivity index (χ2n) is 11.5. The summed E-state index contributed by atoms with van der Waals surface area (Å²) in [6, 6.07) is 36.7. The van der Waals surface area contributed by atoms with E-state index in [1.165, 1.54) is 0 Å². The third-order valence-corrected chi connectivity index (χ3v) is 8.51. The molecule has 4 heteroatoms. The first-order valence-electron chi connectivity index (χ1n) is 20.2. The minimum absolute atomic E-state index is 0.0303. The summed E-state index contributed by atoms with van der Waals surface area (Å²) in [5.41, 5.74) is 6.27. The van der Waals surface area contributed by atoms with Crippen LogP contribution in [0.2, 0.25) is 0 Å². The van der Waals surface area contributed by atoms with Crippen LogP contribution in [0, 0.1) is 0 Å². The molecule has 230 valence electrons. The van der Waals surface area contributed by atoms with Gasteiger partial charge in [-0.05, 0) is 51.6 Å². The Morgan fingerprint density at radius 1 is 0.367 bits per heavy atom. The second-order valence-corrected chi connectivity index (χ2v) is 11.5. The number of rotatable bonds is 6. The van der Waals surface area contributed by atoms with Crippen LogP contribution in [0.15, 0.2) is 182 Å². The van der Waals surface area contributed by atoms with E-state index in [-0.39, 0.29) is 52.1 Å². The molecule has 0 saturated carbocycles. The van der Waals surface area contributed by atoms with E-state index in [0.717, 1.165) is 22.3 Å². The lowest BCUT2D eigenvalue weighted by molar-refractivity contribution is 0.953. The molecule has 2 aromatic heterocycles. The molecule has 0 unspecified atom stereocenters. The zero-order valence-corrected chi connectivity index (χ0v) is 25.9. The zero-order chi connectivity index (χ0) is 40.4. The van der Waals surface area contributed by atoms with Gasteiger partial charge in [-0.15, -0.1) is 0 Å². The molecule has 0 aliphatic carbocycles. The van der Waals surface area contributed by atoms with E-state index in [2.05, 4.69) is 0 Å². The molecule has 0 aliphatic rings. The molecular formula is C45H30N4. The van der Waals surface area contributed by atoms with Crippen LogP contribution < -0.4 is 0 Å². The van der Waals surface area contributed by atoms with E-state index in [0.29, 0.717) is 33.7 Å². The van der Waals surface area contributed by atoms with Crippen molar-refractivity contribution in [3.8, 4) is 62.1 Å². The number of aromatic nitrogens is 4. The van der Waals surface area contributed by atoms with Gasteiger partial charge >= 0.3 is 0 Å². The standard InChI is InChI=1S/C45H30N4/c1-4-12-31(13-5-1)34-20-24-36(25-21-34)43-46-44(37-26-22-35(23-27-37)32-14-6-2-7-15-32)48-45(47-43)49-41-19-11-10-18-39(41)40-30-38(28-29-42(40)49)33-16-8-3-9-17-33/h1-30H/i3D,8D,9D,10D,11D,16D,17D,18D,19D. The highest BCUT2D eigenvalue weighted by molar-refractivity contribution is 6.10. The third-order valence-electron chi connectivity index (χ3n) is 8.51. The molecule has 4 nitrogen and oxygen atoms in total. The summed E-state index contributed by atoms with van der Waals surface area (Å²) < 4.78 is 78.9. The first kappa shape index (κ1) is 20.6. The maximum atomic E-state index is 9.15. The van der Waals surface area contributed by atoms with Crippen LogP contribution in [-0.4, -0.2) is 19.5 Å². The SMILES string of the molecule is [2H]c1c([2H])c([2H])c(-c2ccc3c(c2)c2c([2H])c([2H])c([2H])c([2H])c2n3-c2nc(-c3ccc(-c4ccccc4)cc3)nc(-c3ccc(-c4ccccc4)cc3)n2)c([2H])c1[2H]. The van der Waals surface area contributed by atoms with Crippen LogP contribution in [0.3, 0.4) is 0 Å². The van der Waals surface area contributed by atoms with Crippen LogP contribution in [0.5, 0.6) is 0 Å². The Labute approximate surface area is 297 Å². The van der Waals surface area contributed by atoms with E-state index in [1.54, 1.807) is 22.8 Å². The van der Waals surface area contributed by atoms with Gasteiger partial charge in [0.15, 0.2) is 11.6 Å². The van der Waals surface area contributed by atoms with Crippen LogP contribution in [0.1, 0.15) is 12.3 Å². The van der Waals surface area contributed by atoms with Crippen molar-refractivity contribution in [2.75, 3.05) is 0 Å². The molecule has 0 aliphatic heterocycles. The largest absolute Gasteiger partial charge is 0.278 e. The number of benzene rings is 7. The quantitative estimate of drug-likeness (QED) is 0.183. The van der Waals surface area contributed by atoms with Crippen molar-refractivity contribution < 1.29 is 12.3 Å². The van der Waals surface area contributed by atoms with Crippen molar-refractivity contribution in [3.05, 3.63) is 182 Å². The lowest BCUT2D eigenvalue weighted by Crippen LogP contribution is -2.06. The zero-order valence-electron chi connectivity index (χ0n) is 34.9. The number of hydrogen-bond acceptors (Lipinski definition) is 3. The topological polar surface area (TPSA) is 43.6 Å². The third kappa shape index (κ3) is 5.35. The molecule has 2 heterocycles. The van der Waals surface area contributed by atoms with Gasteiger partial charge in [-0.1, -0.05) is 164 Å². The minimum Gasteiger partial charge on any atom is -0.278 e. The van der Waals surface area contributed by atoms with Gasteiger partial charge in [-0.2, -0.15) is 9.97 Å². The molecule has 9 rings (SSSR count). The van der Waals surface area contributed by atoms with Gasteiger partial charge < -0.3 is 0 Å². The Bertz CT molecular complexity index is 2950. The molecule has 0 atom stereocenters. The van der Waals surface area contributed by atoms with Crippen molar-refractivity contribution in [2.45, 2.75) is 0 Å². The van der Waals surface area contributed by atoms with E-state index in [4.69, 9.17) is 27.3 Å². The average molecular weight is 636 g/mol. The van der Waals surface area contributed by atoms with Gasteiger partial charge in [0.1, 0.15) is 0 Å². The normalized spacial score (nSPS) is 13.8. The predicted molar refractivity (Wildman–Crippen MR) is 201 cm³/mol. The van der Waals surface area contributed by atoms with Gasteiger partial charge in [0.2, 0.25) is 5.95 Å². The molecular weight excluding hydrogens is 597 g/mol. The first-order chi connectivity index (χ1) is 28.0. The number of hydrogen-bond donors (Lipinski definition) is 0. The molecule has 0 radical (unpaired) electrons. The average Bonchev–Trinajstić information content (AvgIpc) is 3.61. The Kier molecular flexibility index (Phi) is 5.11. The van der Waals surface area contributed by atoms with Crippen molar-refractivity contribution in [3.63, 3.8) is 0 Å². The smallest absolute Gasteiger partial charge is 0.238 e. The Hall–Kier alpha value is -6.65. The van der Waals surface area contributed by atoms with Crippen LogP contribution >= 0.6 is 0 Å². The van der Waals surface area contributed by atoms with Gasteiger partial charge in [0.05, 0.1) is 23.4 Å². The highest BCUT2D eigenvalue weighted by Gasteiger charge is 2.18. The second kappa shape index (κ2) is 12.2. The molecule has 0 bridgehead atoms. The molecule has 49 heavy (non-hydrogen) atoms.